The zero-order valence-corrected chi connectivity index (χ0v) is 12.8. The van der Waals surface area contributed by atoms with Gasteiger partial charge in [-0.15, -0.1) is 0 Å². The molecule has 2 nitrogen and oxygen atoms in total. The lowest BCUT2D eigenvalue weighted by Gasteiger charge is -2.06. The summed E-state index contributed by atoms with van der Waals surface area (Å²) in [6.07, 6.45) is 0. The van der Waals surface area contributed by atoms with E-state index in [2.05, 4.69) is 27.9 Å². The van der Waals surface area contributed by atoms with Crippen LogP contribution in [0.3, 0.4) is 0 Å². The monoisotopic (exact) mass is 391 g/mol. The van der Waals surface area contributed by atoms with Gasteiger partial charge in [-0.3, -0.25) is 4.79 Å². The number of rotatable bonds is 2. The quantitative estimate of drug-likeness (QED) is 0.728. The Hall–Kier alpha value is -0.780. The Morgan fingerprint density at radius 3 is 2.11 bits per heavy atom. The van der Waals surface area contributed by atoms with Crippen LogP contribution in [0, 0.1) is 3.57 Å². The van der Waals surface area contributed by atoms with Gasteiger partial charge in [0.2, 0.25) is 0 Å². The lowest BCUT2D eigenvalue weighted by molar-refractivity contribution is 0.102. The predicted molar refractivity (Wildman–Crippen MR) is 83.6 cm³/mol. The van der Waals surface area contributed by atoms with Crippen LogP contribution in [-0.2, 0) is 0 Å². The normalized spacial score (nSPS) is 10.2. The van der Waals surface area contributed by atoms with E-state index in [1.165, 1.54) is 0 Å². The molecule has 0 aliphatic rings. The van der Waals surface area contributed by atoms with Crippen LogP contribution in [0.15, 0.2) is 42.5 Å². The molecule has 0 aliphatic carbocycles. The zero-order chi connectivity index (χ0) is 13.1. The van der Waals surface area contributed by atoms with E-state index in [1.54, 1.807) is 30.3 Å². The van der Waals surface area contributed by atoms with Gasteiger partial charge < -0.3 is 5.32 Å². The summed E-state index contributed by atoms with van der Waals surface area (Å²) in [6.45, 7) is 0. The number of carbonyl (C=O) groups is 1. The van der Waals surface area contributed by atoms with Gasteiger partial charge in [0, 0.05) is 24.9 Å². The van der Waals surface area contributed by atoms with Gasteiger partial charge in [-0.25, -0.2) is 0 Å². The SMILES string of the molecule is O=C(Nc1cc(Cl)cc(Cl)c1)c1ccc(I)cc1. The molecule has 2 aromatic rings. The van der Waals surface area contributed by atoms with Crippen molar-refractivity contribution in [2.24, 2.45) is 0 Å². The third-order valence-electron chi connectivity index (χ3n) is 2.23. The highest BCUT2D eigenvalue weighted by Gasteiger charge is 2.06. The third-order valence-corrected chi connectivity index (χ3v) is 3.38. The van der Waals surface area contributed by atoms with Crippen molar-refractivity contribution in [2.45, 2.75) is 0 Å². The standard InChI is InChI=1S/C13H8Cl2INO/c14-9-5-10(15)7-12(6-9)17-13(18)8-1-3-11(16)4-2-8/h1-7H,(H,17,18). The lowest BCUT2D eigenvalue weighted by atomic mass is 10.2. The molecule has 5 heteroatoms. The molecule has 0 saturated carbocycles. The van der Waals surface area contributed by atoms with Crippen molar-refractivity contribution in [1.29, 1.82) is 0 Å². The topological polar surface area (TPSA) is 29.1 Å². The lowest BCUT2D eigenvalue weighted by Crippen LogP contribution is -2.11. The Morgan fingerprint density at radius 1 is 1.00 bits per heavy atom. The van der Waals surface area contributed by atoms with E-state index in [4.69, 9.17) is 23.2 Å². The van der Waals surface area contributed by atoms with E-state index >= 15 is 0 Å². The molecule has 0 heterocycles. The van der Waals surface area contributed by atoms with E-state index in [0.29, 0.717) is 21.3 Å². The molecule has 2 rings (SSSR count). The fourth-order valence-corrected chi connectivity index (χ4v) is 2.32. The van der Waals surface area contributed by atoms with Crippen molar-refractivity contribution in [3.63, 3.8) is 0 Å². The molecule has 0 bridgehead atoms. The number of hydrogen-bond acceptors (Lipinski definition) is 1. The van der Waals surface area contributed by atoms with Gasteiger partial charge >= 0.3 is 0 Å². The van der Waals surface area contributed by atoms with E-state index in [1.807, 2.05) is 12.1 Å². The fraction of sp³-hybridized carbons (Fsp3) is 0. The van der Waals surface area contributed by atoms with Crippen LogP contribution in [0.2, 0.25) is 10.0 Å². The van der Waals surface area contributed by atoms with Gasteiger partial charge in [0.25, 0.3) is 5.91 Å². The van der Waals surface area contributed by atoms with Crippen molar-refractivity contribution >= 4 is 57.4 Å². The molecule has 1 amide bonds. The number of carbonyl (C=O) groups excluding carboxylic acids is 1. The summed E-state index contributed by atoms with van der Waals surface area (Å²) in [6, 6.07) is 12.2. The Morgan fingerprint density at radius 2 is 1.56 bits per heavy atom. The highest BCUT2D eigenvalue weighted by Crippen LogP contribution is 2.22. The van der Waals surface area contributed by atoms with Crippen LogP contribution in [-0.4, -0.2) is 5.91 Å². The molecule has 92 valence electrons. The second-order valence-electron chi connectivity index (χ2n) is 3.62. The fourth-order valence-electron chi connectivity index (χ4n) is 1.43. The molecule has 0 radical (unpaired) electrons. The number of hydrogen-bond donors (Lipinski definition) is 1. The molecule has 0 aliphatic heterocycles. The number of benzene rings is 2. The number of anilines is 1. The summed E-state index contributed by atoms with van der Waals surface area (Å²) in [4.78, 5) is 11.9. The van der Waals surface area contributed by atoms with Crippen LogP contribution >= 0.6 is 45.8 Å². The first-order valence-corrected chi connectivity index (χ1v) is 6.91. The average Bonchev–Trinajstić information content (AvgIpc) is 2.28. The van der Waals surface area contributed by atoms with Gasteiger partial charge in [0.05, 0.1) is 0 Å². The van der Waals surface area contributed by atoms with Crippen LogP contribution in [0.5, 0.6) is 0 Å². The second kappa shape index (κ2) is 5.91. The molecule has 0 unspecified atom stereocenters. The number of amides is 1. The van der Waals surface area contributed by atoms with Crippen molar-refractivity contribution in [1.82, 2.24) is 0 Å². The first-order valence-electron chi connectivity index (χ1n) is 5.07. The molecular formula is C13H8Cl2INO. The van der Waals surface area contributed by atoms with E-state index in [-0.39, 0.29) is 5.91 Å². The van der Waals surface area contributed by atoms with Crippen molar-refractivity contribution in [3.8, 4) is 0 Å². The van der Waals surface area contributed by atoms with Crippen LogP contribution < -0.4 is 5.32 Å². The Labute approximate surface area is 128 Å². The Bertz CT molecular complexity index is 564. The molecule has 0 fully saturated rings. The maximum absolute atomic E-state index is 11.9. The summed E-state index contributed by atoms with van der Waals surface area (Å²) in [7, 11) is 0. The molecule has 0 aromatic heterocycles. The molecule has 0 spiro atoms. The highest BCUT2D eigenvalue weighted by atomic mass is 127. The third kappa shape index (κ3) is 3.60. The molecule has 18 heavy (non-hydrogen) atoms. The molecule has 1 N–H and O–H groups in total. The minimum atomic E-state index is -0.190. The smallest absolute Gasteiger partial charge is 0.255 e. The van der Waals surface area contributed by atoms with Gasteiger partial charge in [0.1, 0.15) is 0 Å². The Kier molecular flexibility index (Phi) is 4.48. The first kappa shape index (κ1) is 13.6. The molecule has 2 aromatic carbocycles. The van der Waals surface area contributed by atoms with Gasteiger partial charge in [-0.1, -0.05) is 23.2 Å². The zero-order valence-electron chi connectivity index (χ0n) is 9.08. The average molecular weight is 392 g/mol. The van der Waals surface area contributed by atoms with Crippen molar-refractivity contribution in [3.05, 3.63) is 61.6 Å². The van der Waals surface area contributed by atoms with Crippen LogP contribution in [0.25, 0.3) is 0 Å². The van der Waals surface area contributed by atoms with Crippen molar-refractivity contribution < 1.29 is 4.79 Å². The van der Waals surface area contributed by atoms with Gasteiger partial charge in [-0.05, 0) is 65.1 Å². The highest BCUT2D eigenvalue weighted by molar-refractivity contribution is 14.1. The van der Waals surface area contributed by atoms with E-state index in [9.17, 15) is 4.79 Å². The Balaban J connectivity index is 2.18. The first-order chi connectivity index (χ1) is 8.54. The van der Waals surface area contributed by atoms with Gasteiger partial charge in [0.15, 0.2) is 0 Å². The molecule has 0 saturated heterocycles. The number of halogens is 3. The van der Waals surface area contributed by atoms with Crippen LogP contribution in [0.4, 0.5) is 5.69 Å². The van der Waals surface area contributed by atoms with Crippen molar-refractivity contribution in [2.75, 3.05) is 5.32 Å². The van der Waals surface area contributed by atoms with Gasteiger partial charge in [-0.2, -0.15) is 0 Å². The van der Waals surface area contributed by atoms with Crippen LogP contribution in [0.1, 0.15) is 10.4 Å². The largest absolute Gasteiger partial charge is 0.322 e. The summed E-state index contributed by atoms with van der Waals surface area (Å²) in [5.41, 5.74) is 1.17. The summed E-state index contributed by atoms with van der Waals surface area (Å²) in [5, 5.41) is 3.72. The molecular weight excluding hydrogens is 384 g/mol. The number of nitrogens with one attached hydrogen (secondary N) is 1. The molecule has 0 atom stereocenters. The summed E-state index contributed by atoms with van der Waals surface area (Å²) >= 11 is 13.9. The maximum atomic E-state index is 11.9. The predicted octanol–water partition coefficient (Wildman–Crippen LogP) is 4.85. The van der Waals surface area contributed by atoms with E-state index < -0.39 is 0 Å². The summed E-state index contributed by atoms with van der Waals surface area (Å²) < 4.78 is 1.08. The minimum absolute atomic E-state index is 0.190. The minimum Gasteiger partial charge on any atom is -0.322 e. The second-order valence-corrected chi connectivity index (χ2v) is 5.74. The summed E-state index contributed by atoms with van der Waals surface area (Å²) in [5.74, 6) is -0.190. The van der Waals surface area contributed by atoms with E-state index in [0.717, 1.165) is 3.57 Å². The maximum Gasteiger partial charge on any atom is 0.255 e.